The first-order valence-electron chi connectivity index (χ1n) is 5.91. The Kier molecular flexibility index (Phi) is 2.83. The summed E-state index contributed by atoms with van der Waals surface area (Å²) >= 11 is 0. The average molecular weight is 271 g/mol. The van der Waals surface area contributed by atoms with Gasteiger partial charge in [0, 0.05) is 22.5 Å². The number of hydrogen-bond acceptors (Lipinski definition) is 3. The van der Waals surface area contributed by atoms with E-state index in [1.54, 1.807) is 30.3 Å². The molecule has 1 aromatic heterocycles. The van der Waals surface area contributed by atoms with Crippen LogP contribution in [0.4, 0.5) is 15.9 Å². The van der Waals surface area contributed by atoms with Crippen molar-refractivity contribution in [1.29, 1.82) is 0 Å². The lowest BCUT2D eigenvalue weighted by molar-refractivity contribution is 0.640. The molecule has 5 nitrogen and oxygen atoms in total. The third kappa shape index (κ3) is 2.18. The van der Waals surface area contributed by atoms with E-state index < -0.39 is 11.2 Å². The van der Waals surface area contributed by atoms with Gasteiger partial charge in [-0.25, -0.2) is 9.18 Å². The molecule has 6 heteroatoms. The van der Waals surface area contributed by atoms with E-state index >= 15 is 0 Å². The first kappa shape index (κ1) is 12.2. The molecule has 3 rings (SSSR count). The van der Waals surface area contributed by atoms with E-state index in [1.807, 2.05) is 0 Å². The van der Waals surface area contributed by atoms with Gasteiger partial charge in [-0.15, -0.1) is 0 Å². The number of H-pyrrole nitrogens is 2. The molecule has 0 bridgehead atoms. The zero-order chi connectivity index (χ0) is 14.1. The molecule has 0 aliphatic rings. The van der Waals surface area contributed by atoms with Crippen LogP contribution in [-0.4, -0.2) is 9.97 Å². The Balaban J connectivity index is 2.14. The minimum Gasteiger partial charge on any atom is -0.341 e. The van der Waals surface area contributed by atoms with Gasteiger partial charge in [0.05, 0.1) is 0 Å². The standard InChI is InChI=1S/C14H10FN3O2/c15-10-5-6-11(9-4-2-1-3-8(9)10)16-12-7-13(19)18-14(20)17-12/h1-7H,(H3,16,17,18,19,20). The van der Waals surface area contributed by atoms with Gasteiger partial charge in [0.15, 0.2) is 0 Å². The molecular weight excluding hydrogens is 261 g/mol. The highest BCUT2D eigenvalue weighted by atomic mass is 19.1. The van der Waals surface area contributed by atoms with Crippen molar-refractivity contribution < 1.29 is 4.39 Å². The number of aromatic amines is 2. The zero-order valence-corrected chi connectivity index (χ0v) is 10.2. The zero-order valence-electron chi connectivity index (χ0n) is 10.2. The summed E-state index contributed by atoms with van der Waals surface area (Å²) in [5.41, 5.74) is -0.516. The van der Waals surface area contributed by atoms with E-state index in [1.165, 1.54) is 12.1 Å². The molecule has 3 N–H and O–H groups in total. The fourth-order valence-corrected chi connectivity index (χ4v) is 2.05. The monoisotopic (exact) mass is 271 g/mol. The van der Waals surface area contributed by atoms with Crippen molar-refractivity contribution in [3.63, 3.8) is 0 Å². The van der Waals surface area contributed by atoms with Crippen LogP contribution in [0.15, 0.2) is 52.1 Å². The van der Waals surface area contributed by atoms with Gasteiger partial charge in [0.25, 0.3) is 5.56 Å². The highest BCUT2D eigenvalue weighted by molar-refractivity contribution is 5.95. The molecule has 1 heterocycles. The quantitative estimate of drug-likeness (QED) is 0.668. The molecule has 0 spiro atoms. The number of anilines is 2. The van der Waals surface area contributed by atoms with Crippen molar-refractivity contribution in [2.24, 2.45) is 0 Å². The van der Waals surface area contributed by atoms with Crippen molar-refractivity contribution in [2.75, 3.05) is 5.32 Å². The van der Waals surface area contributed by atoms with E-state index in [0.717, 1.165) is 0 Å². The molecule has 0 unspecified atom stereocenters. The second-order valence-electron chi connectivity index (χ2n) is 4.27. The lowest BCUT2D eigenvalue weighted by Crippen LogP contribution is -2.22. The smallest absolute Gasteiger partial charge is 0.327 e. The first-order valence-corrected chi connectivity index (χ1v) is 5.91. The highest BCUT2D eigenvalue weighted by Gasteiger charge is 2.06. The van der Waals surface area contributed by atoms with Gasteiger partial charge in [-0.05, 0) is 12.1 Å². The molecule has 0 aliphatic carbocycles. The molecular formula is C14H10FN3O2. The molecule has 0 atom stereocenters. The summed E-state index contributed by atoms with van der Waals surface area (Å²) in [5.74, 6) is -0.0823. The van der Waals surface area contributed by atoms with Crippen molar-refractivity contribution in [3.8, 4) is 0 Å². The summed E-state index contributed by atoms with van der Waals surface area (Å²) in [7, 11) is 0. The molecule has 0 saturated heterocycles. The van der Waals surface area contributed by atoms with Crippen molar-refractivity contribution >= 4 is 22.3 Å². The van der Waals surface area contributed by atoms with E-state index in [0.29, 0.717) is 16.5 Å². The predicted molar refractivity (Wildman–Crippen MR) is 74.9 cm³/mol. The minimum absolute atomic E-state index is 0.246. The van der Waals surface area contributed by atoms with Gasteiger partial charge in [0.2, 0.25) is 0 Å². The predicted octanol–water partition coefficient (Wildman–Crippen LogP) is 2.10. The summed E-state index contributed by atoms with van der Waals surface area (Å²) < 4.78 is 13.7. The number of nitrogens with one attached hydrogen (secondary N) is 3. The number of halogens is 1. The van der Waals surface area contributed by atoms with Crippen molar-refractivity contribution in [1.82, 2.24) is 9.97 Å². The SMILES string of the molecule is O=c1cc(Nc2ccc(F)c3ccccc23)[nH]c(=O)[nH]1. The number of aromatic nitrogens is 2. The Morgan fingerprint density at radius 1 is 0.950 bits per heavy atom. The second kappa shape index (κ2) is 4.65. The van der Waals surface area contributed by atoms with Crippen LogP contribution in [-0.2, 0) is 0 Å². The second-order valence-corrected chi connectivity index (χ2v) is 4.27. The van der Waals surface area contributed by atoms with Crippen LogP contribution in [0.1, 0.15) is 0 Å². The number of fused-ring (bicyclic) bond motifs is 1. The minimum atomic E-state index is -0.605. The van der Waals surface area contributed by atoms with Crippen LogP contribution in [0.2, 0.25) is 0 Å². The first-order chi connectivity index (χ1) is 9.63. The van der Waals surface area contributed by atoms with Crippen molar-refractivity contribution in [2.45, 2.75) is 0 Å². The number of benzene rings is 2. The van der Waals surface area contributed by atoms with Crippen LogP contribution in [0.3, 0.4) is 0 Å². The maximum atomic E-state index is 13.7. The third-order valence-electron chi connectivity index (χ3n) is 2.90. The Hall–Kier alpha value is -2.89. The molecule has 0 amide bonds. The van der Waals surface area contributed by atoms with E-state index in [2.05, 4.69) is 15.3 Å². The summed E-state index contributed by atoms with van der Waals surface area (Å²) in [6.07, 6.45) is 0. The summed E-state index contributed by atoms with van der Waals surface area (Å²) in [6, 6.07) is 11.0. The fraction of sp³-hybridized carbons (Fsp3) is 0. The maximum absolute atomic E-state index is 13.7. The normalized spacial score (nSPS) is 10.7. The summed E-state index contributed by atoms with van der Waals surface area (Å²) in [6.45, 7) is 0. The molecule has 0 aliphatic heterocycles. The van der Waals surface area contributed by atoms with Crippen LogP contribution >= 0.6 is 0 Å². The van der Waals surface area contributed by atoms with Gasteiger partial charge < -0.3 is 5.32 Å². The molecule has 20 heavy (non-hydrogen) atoms. The van der Waals surface area contributed by atoms with Crippen LogP contribution in [0.25, 0.3) is 10.8 Å². The lowest BCUT2D eigenvalue weighted by atomic mass is 10.1. The maximum Gasteiger partial charge on any atom is 0.327 e. The van der Waals surface area contributed by atoms with E-state index in [4.69, 9.17) is 0 Å². The van der Waals surface area contributed by atoms with Crippen LogP contribution < -0.4 is 16.6 Å². The van der Waals surface area contributed by atoms with Gasteiger partial charge >= 0.3 is 5.69 Å². The van der Waals surface area contributed by atoms with Crippen LogP contribution in [0.5, 0.6) is 0 Å². The molecule has 0 radical (unpaired) electrons. The topological polar surface area (TPSA) is 77.8 Å². The molecule has 0 saturated carbocycles. The number of rotatable bonds is 2. The third-order valence-corrected chi connectivity index (χ3v) is 2.90. The van der Waals surface area contributed by atoms with Gasteiger partial charge in [-0.1, -0.05) is 24.3 Å². The molecule has 2 aromatic carbocycles. The Bertz CT molecular complexity index is 870. The van der Waals surface area contributed by atoms with Gasteiger partial charge in [0.1, 0.15) is 11.6 Å². The largest absolute Gasteiger partial charge is 0.341 e. The lowest BCUT2D eigenvalue weighted by Gasteiger charge is -2.09. The van der Waals surface area contributed by atoms with E-state index in [-0.39, 0.29) is 11.6 Å². The Labute approximate surface area is 112 Å². The molecule has 100 valence electrons. The van der Waals surface area contributed by atoms with Gasteiger partial charge in [-0.2, -0.15) is 0 Å². The summed E-state index contributed by atoms with van der Waals surface area (Å²) in [5, 5.41) is 4.04. The summed E-state index contributed by atoms with van der Waals surface area (Å²) in [4.78, 5) is 27.0. The average Bonchev–Trinajstić information content (AvgIpc) is 2.41. The molecule has 3 aromatic rings. The number of hydrogen-bond donors (Lipinski definition) is 3. The Morgan fingerprint density at radius 2 is 1.70 bits per heavy atom. The van der Waals surface area contributed by atoms with E-state index in [9.17, 15) is 14.0 Å². The van der Waals surface area contributed by atoms with Crippen molar-refractivity contribution in [3.05, 3.63) is 69.1 Å². The highest BCUT2D eigenvalue weighted by Crippen LogP contribution is 2.27. The van der Waals surface area contributed by atoms with Crippen LogP contribution in [0, 0.1) is 5.82 Å². The molecule has 0 fully saturated rings. The fourth-order valence-electron chi connectivity index (χ4n) is 2.05. The Morgan fingerprint density at radius 3 is 2.45 bits per heavy atom. The van der Waals surface area contributed by atoms with Gasteiger partial charge in [-0.3, -0.25) is 14.8 Å².